The quantitative estimate of drug-likeness (QED) is 0.731. The molecule has 1 amide bonds. The number of Topliss-reactive ketones (excluding diaryl/α,β-unsaturated/α-hetero) is 1. The summed E-state index contributed by atoms with van der Waals surface area (Å²) in [7, 11) is 3.67. The van der Waals surface area contributed by atoms with Crippen molar-refractivity contribution in [2.24, 2.45) is 5.92 Å². The zero-order chi connectivity index (χ0) is 12.2. The molecule has 15 heavy (non-hydrogen) atoms. The van der Waals surface area contributed by atoms with Crippen LogP contribution >= 0.6 is 0 Å². The third-order valence-corrected chi connectivity index (χ3v) is 2.56. The molecular formula is C11H22N2O2. The second-order valence-corrected chi connectivity index (χ2v) is 4.48. The molecule has 0 aromatic heterocycles. The number of nitrogens with zero attached hydrogens (tertiary/aromatic N) is 1. The second kappa shape index (κ2) is 5.85. The van der Waals surface area contributed by atoms with E-state index in [4.69, 9.17) is 0 Å². The second-order valence-electron chi connectivity index (χ2n) is 4.48. The average Bonchev–Trinajstić information content (AvgIpc) is 2.11. The van der Waals surface area contributed by atoms with Gasteiger partial charge in [-0.25, -0.2) is 0 Å². The largest absolute Gasteiger partial charge is 0.345 e. The number of likely N-dealkylation sites (N-methyl/N-ethyl adjacent to an activating group) is 1. The molecular weight excluding hydrogens is 192 g/mol. The molecule has 0 aliphatic carbocycles. The maximum absolute atomic E-state index is 11.7. The third kappa shape index (κ3) is 4.42. The van der Waals surface area contributed by atoms with Gasteiger partial charge in [-0.05, 0) is 33.9 Å². The van der Waals surface area contributed by atoms with Crippen LogP contribution < -0.4 is 5.32 Å². The summed E-state index contributed by atoms with van der Waals surface area (Å²) in [4.78, 5) is 24.8. The number of ketones is 1. The van der Waals surface area contributed by atoms with Crippen LogP contribution in [0.4, 0.5) is 0 Å². The van der Waals surface area contributed by atoms with Gasteiger partial charge < -0.3 is 5.32 Å². The number of nitrogens with one attached hydrogen (secondary N) is 1. The molecule has 1 N–H and O–H groups in total. The van der Waals surface area contributed by atoms with Crippen LogP contribution in [-0.2, 0) is 9.59 Å². The van der Waals surface area contributed by atoms with E-state index in [1.54, 1.807) is 0 Å². The van der Waals surface area contributed by atoms with E-state index in [-0.39, 0.29) is 29.7 Å². The van der Waals surface area contributed by atoms with Crippen LogP contribution in [0.5, 0.6) is 0 Å². The molecule has 0 saturated carbocycles. The minimum absolute atomic E-state index is 0.00399. The highest BCUT2D eigenvalue weighted by Crippen LogP contribution is 2.04. The van der Waals surface area contributed by atoms with Gasteiger partial charge in [-0.15, -0.1) is 0 Å². The fraction of sp³-hybridized carbons (Fsp3) is 0.818. The first kappa shape index (κ1) is 14.1. The van der Waals surface area contributed by atoms with E-state index in [9.17, 15) is 9.59 Å². The van der Waals surface area contributed by atoms with Crippen LogP contribution in [0, 0.1) is 5.92 Å². The van der Waals surface area contributed by atoms with Crippen LogP contribution in [-0.4, -0.2) is 42.8 Å². The number of carbonyl (C=O) groups is 2. The van der Waals surface area contributed by atoms with Gasteiger partial charge in [0.05, 0.1) is 12.1 Å². The molecule has 0 heterocycles. The van der Waals surface area contributed by atoms with Crippen LogP contribution in [0.1, 0.15) is 27.7 Å². The summed E-state index contributed by atoms with van der Waals surface area (Å²) >= 11 is 0. The Morgan fingerprint density at radius 2 is 1.60 bits per heavy atom. The highest BCUT2D eigenvalue weighted by atomic mass is 16.2. The van der Waals surface area contributed by atoms with Crippen LogP contribution in [0.3, 0.4) is 0 Å². The number of hydrogen-bond donors (Lipinski definition) is 1. The Morgan fingerprint density at radius 1 is 1.13 bits per heavy atom. The SMILES string of the molecule is CC(=O)C(NC(=O)[C@H](C)N(C)C)C(C)C. The third-order valence-electron chi connectivity index (χ3n) is 2.56. The van der Waals surface area contributed by atoms with E-state index in [1.165, 1.54) is 6.92 Å². The summed E-state index contributed by atoms with van der Waals surface area (Å²) in [5.74, 6) is 0.0269. The molecule has 4 nitrogen and oxygen atoms in total. The van der Waals surface area contributed by atoms with E-state index >= 15 is 0 Å². The molecule has 0 rings (SSSR count). The predicted molar refractivity (Wildman–Crippen MR) is 60.6 cm³/mol. The minimum atomic E-state index is -0.375. The van der Waals surface area contributed by atoms with Gasteiger partial charge in [0, 0.05) is 0 Å². The molecule has 0 spiro atoms. The predicted octanol–water partition coefficient (Wildman–Crippen LogP) is 0.666. The molecule has 0 aromatic carbocycles. The Kier molecular flexibility index (Phi) is 5.50. The van der Waals surface area contributed by atoms with Gasteiger partial charge in [0.25, 0.3) is 0 Å². The van der Waals surface area contributed by atoms with Gasteiger partial charge >= 0.3 is 0 Å². The van der Waals surface area contributed by atoms with Crippen molar-refractivity contribution in [3.05, 3.63) is 0 Å². The highest BCUT2D eigenvalue weighted by molar-refractivity contribution is 5.89. The molecule has 2 atom stereocenters. The van der Waals surface area contributed by atoms with Crippen molar-refractivity contribution >= 4 is 11.7 Å². The summed E-state index contributed by atoms with van der Waals surface area (Å²) in [5.41, 5.74) is 0. The highest BCUT2D eigenvalue weighted by Gasteiger charge is 2.23. The summed E-state index contributed by atoms with van der Waals surface area (Å²) in [5, 5.41) is 2.77. The number of amides is 1. The smallest absolute Gasteiger partial charge is 0.237 e. The van der Waals surface area contributed by atoms with Gasteiger partial charge in [-0.2, -0.15) is 0 Å². The van der Waals surface area contributed by atoms with Crippen molar-refractivity contribution < 1.29 is 9.59 Å². The van der Waals surface area contributed by atoms with E-state index in [1.807, 2.05) is 39.8 Å². The van der Waals surface area contributed by atoms with E-state index in [2.05, 4.69) is 5.32 Å². The molecule has 0 bridgehead atoms. The first-order chi connectivity index (χ1) is 6.77. The maximum atomic E-state index is 11.7. The fourth-order valence-electron chi connectivity index (χ4n) is 1.25. The molecule has 1 unspecified atom stereocenters. The van der Waals surface area contributed by atoms with Gasteiger partial charge in [-0.1, -0.05) is 13.8 Å². The van der Waals surface area contributed by atoms with Gasteiger partial charge in [-0.3, -0.25) is 14.5 Å². The standard InChI is InChI=1S/C11H22N2O2/c1-7(2)10(9(4)14)12-11(15)8(3)13(5)6/h7-8,10H,1-6H3,(H,12,15)/t8-,10?/m0/s1. The zero-order valence-electron chi connectivity index (χ0n) is 10.5. The number of rotatable bonds is 5. The monoisotopic (exact) mass is 214 g/mol. The van der Waals surface area contributed by atoms with E-state index in [0.717, 1.165) is 0 Å². The van der Waals surface area contributed by atoms with Crippen LogP contribution in [0.25, 0.3) is 0 Å². The Balaban J connectivity index is 4.43. The lowest BCUT2D eigenvalue weighted by Crippen LogP contribution is -2.50. The summed E-state index contributed by atoms with van der Waals surface area (Å²) in [6.45, 7) is 7.16. The lowest BCUT2D eigenvalue weighted by molar-refractivity contribution is -0.130. The molecule has 88 valence electrons. The summed E-state index contributed by atoms with van der Waals surface area (Å²) < 4.78 is 0. The average molecular weight is 214 g/mol. The topological polar surface area (TPSA) is 49.4 Å². The molecule has 0 aliphatic rings. The van der Waals surface area contributed by atoms with Crippen molar-refractivity contribution in [2.75, 3.05) is 14.1 Å². The minimum Gasteiger partial charge on any atom is -0.345 e. The summed E-state index contributed by atoms with van der Waals surface area (Å²) in [6, 6.07) is -0.592. The van der Waals surface area contributed by atoms with Crippen molar-refractivity contribution in [3.63, 3.8) is 0 Å². The lowest BCUT2D eigenvalue weighted by atomic mass is 10.0. The molecule has 4 heteroatoms. The van der Waals surface area contributed by atoms with E-state index in [0.29, 0.717) is 0 Å². The normalized spacial score (nSPS) is 15.2. The fourth-order valence-corrected chi connectivity index (χ4v) is 1.25. The Labute approximate surface area is 92.0 Å². The zero-order valence-corrected chi connectivity index (χ0v) is 10.5. The molecule has 0 saturated heterocycles. The first-order valence-electron chi connectivity index (χ1n) is 5.24. The Bertz CT molecular complexity index is 237. The first-order valence-corrected chi connectivity index (χ1v) is 5.24. The van der Waals surface area contributed by atoms with Crippen molar-refractivity contribution in [1.29, 1.82) is 0 Å². The van der Waals surface area contributed by atoms with Gasteiger partial charge in [0.15, 0.2) is 5.78 Å². The maximum Gasteiger partial charge on any atom is 0.237 e. The number of hydrogen-bond acceptors (Lipinski definition) is 3. The van der Waals surface area contributed by atoms with Crippen LogP contribution in [0.15, 0.2) is 0 Å². The lowest BCUT2D eigenvalue weighted by Gasteiger charge is -2.24. The van der Waals surface area contributed by atoms with Crippen molar-refractivity contribution in [2.45, 2.75) is 39.8 Å². The Hall–Kier alpha value is -0.900. The molecule has 0 aliphatic heterocycles. The number of carbonyl (C=O) groups excluding carboxylic acids is 2. The van der Waals surface area contributed by atoms with E-state index < -0.39 is 0 Å². The molecule has 0 radical (unpaired) electrons. The van der Waals surface area contributed by atoms with Gasteiger partial charge in [0.2, 0.25) is 5.91 Å². The van der Waals surface area contributed by atoms with Crippen molar-refractivity contribution in [3.8, 4) is 0 Å². The van der Waals surface area contributed by atoms with Gasteiger partial charge in [0.1, 0.15) is 0 Å². The summed E-state index contributed by atoms with van der Waals surface area (Å²) in [6.07, 6.45) is 0. The van der Waals surface area contributed by atoms with Crippen molar-refractivity contribution in [1.82, 2.24) is 10.2 Å². The molecule has 0 fully saturated rings. The Morgan fingerprint density at radius 3 is 1.87 bits per heavy atom. The molecule has 0 aromatic rings. The van der Waals surface area contributed by atoms with Crippen LogP contribution in [0.2, 0.25) is 0 Å².